The van der Waals surface area contributed by atoms with Crippen molar-refractivity contribution in [1.29, 1.82) is 0 Å². The Morgan fingerprint density at radius 1 is 1.22 bits per heavy atom. The first-order valence-electron chi connectivity index (χ1n) is 6.71. The summed E-state index contributed by atoms with van der Waals surface area (Å²) in [6.07, 6.45) is 3.82. The van der Waals surface area contributed by atoms with E-state index in [4.69, 9.17) is 0 Å². The van der Waals surface area contributed by atoms with Crippen LogP contribution in [0.1, 0.15) is 45.1 Å². The molecule has 1 aromatic carbocycles. The first-order valence-corrected chi connectivity index (χ1v) is 6.71. The molecule has 18 heavy (non-hydrogen) atoms. The van der Waals surface area contributed by atoms with Crippen LogP contribution in [-0.4, -0.2) is 17.6 Å². The number of carboxylic acids is 1. The second-order valence-electron chi connectivity index (χ2n) is 4.56. The lowest BCUT2D eigenvalue weighted by molar-refractivity contribution is -0.145. The topological polar surface area (TPSA) is 49.3 Å². The Bertz CT molecular complexity index is 364. The Labute approximate surface area is 109 Å². The van der Waals surface area contributed by atoms with E-state index in [1.807, 2.05) is 37.3 Å². The Kier molecular flexibility index (Phi) is 5.86. The lowest BCUT2D eigenvalue weighted by Crippen LogP contribution is -2.49. The summed E-state index contributed by atoms with van der Waals surface area (Å²) in [5, 5.41) is 12.8. The lowest BCUT2D eigenvalue weighted by Gasteiger charge is -2.30. The Balaban J connectivity index is 2.85. The van der Waals surface area contributed by atoms with Gasteiger partial charge in [0.05, 0.1) is 0 Å². The predicted octanol–water partition coefficient (Wildman–Crippen LogP) is 3.16. The maximum Gasteiger partial charge on any atom is 0.328 e. The van der Waals surface area contributed by atoms with E-state index in [0.717, 1.165) is 31.4 Å². The third-order valence-electron chi connectivity index (χ3n) is 3.37. The summed E-state index contributed by atoms with van der Waals surface area (Å²) < 4.78 is 0. The number of nitrogens with one attached hydrogen (secondary N) is 1. The van der Waals surface area contributed by atoms with Gasteiger partial charge in [0.25, 0.3) is 0 Å². The molecule has 0 saturated heterocycles. The maximum absolute atomic E-state index is 11.7. The van der Waals surface area contributed by atoms with E-state index in [1.165, 1.54) is 0 Å². The summed E-state index contributed by atoms with van der Waals surface area (Å²) >= 11 is 0. The fraction of sp³-hybridized carbons (Fsp3) is 0.533. The van der Waals surface area contributed by atoms with Gasteiger partial charge in [0.1, 0.15) is 5.54 Å². The van der Waals surface area contributed by atoms with E-state index in [-0.39, 0.29) is 0 Å². The highest BCUT2D eigenvalue weighted by Gasteiger charge is 2.37. The lowest BCUT2D eigenvalue weighted by atomic mass is 9.87. The fourth-order valence-corrected chi connectivity index (χ4v) is 2.18. The van der Waals surface area contributed by atoms with Crippen LogP contribution < -0.4 is 5.32 Å². The highest BCUT2D eigenvalue weighted by atomic mass is 16.4. The molecule has 2 N–H and O–H groups in total. The molecule has 1 unspecified atom stereocenters. The number of hydrogen-bond acceptors (Lipinski definition) is 2. The molecule has 1 atom stereocenters. The first-order chi connectivity index (χ1) is 8.67. The zero-order valence-electron chi connectivity index (χ0n) is 11.3. The zero-order chi connectivity index (χ0) is 13.4. The highest BCUT2D eigenvalue weighted by Crippen LogP contribution is 2.25. The van der Waals surface area contributed by atoms with Gasteiger partial charge in [0.15, 0.2) is 0 Å². The number of carboxylic acid groups (broad SMARTS) is 1. The molecule has 0 heterocycles. The molecule has 0 aromatic heterocycles. The van der Waals surface area contributed by atoms with Gasteiger partial charge >= 0.3 is 5.97 Å². The molecule has 0 amide bonds. The number of aliphatic carboxylic acids is 1. The van der Waals surface area contributed by atoms with Crippen LogP contribution in [0.3, 0.4) is 0 Å². The molecule has 0 spiro atoms. The van der Waals surface area contributed by atoms with Crippen molar-refractivity contribution in [2.24, 2.45) is 0 Å². The first kappa shape index (κ1) is 14.7. The number of hydrogen-bond donors (Lipinski definition) is 2. The van der Waals surface area contributed by atoms with Gasteiger partial charge < -0.3 is 5.11 Å². The van der Waals surface area contributed by atoms with Crippen LogP contribution in [0.4, 0.5) is 0 Å². The molecule has 0 saturated carbocycles. The van der Waals surface area contributed by atoms with Crippen LogP contribution in [0.5, 0.6) is 0 Å². The molecule has 1 rings (SSSR count). The second-order valence-corrected chi connectivity index (χ2v) is 4.56. The molecule has 100 valence electrons. The molecule has 0 aliphatic rings. The van der Waals surface area contributed by atoms with Gasteiger partial charge in [-0.05, 0) is 24.9 Å². The largest absolute Gasteiger partial charge is 0.480 e. The summed E-state index contributed by atoms with van der Waals surface area (Å²) in [6, 6.07) is 9.44. The fourth-order valence-electron chi connectivity index (χ4n) is 2.18. The van der Waals surface area contributed by atoms with Crippen molar-refractivity contribution in [3.8, 4) is 0 Å². The summed E-state index contributed by atoms with van der Waals surface area (Å²) in [4.78, 5) is 11.7. The molecule has 3 heteroatoms. The van der Waals surface area contributed by atoms with Crippen molar-refractivity contribution in [1.82, 2.24) is 5.32 Å². The molecule has 0 bridgehead atoms. The van der Waals surface area contributed by atoms with Gasteiger partial charge in [-0.2, -0.15) is 0 Å². The summed E-state index contributed by atoms with van der Waals surface area (Å²) in [5.74, 6) is -0.798. The highest BCUT2D eigenvalue weighted by molar-refractivity contribution is 5.80. The van der Waals surface area contributed by atoms with E-state index in [2.05, 4.69) is 12.2 Å². The van der Waals surface area contributed by atoms with Gasteiger partial charge in [0.2, 0.25) is 0 Å². The van der Waals surface area contributed by atoms with Gasteiger partial charge in [-0.3, -0.25) is 5.32 Å². The smallest absolute Gasteiger partial charge is 0.328 e. The van der Waals surface area contributed by atoms with Crippen LogP contribution >= 0.6 is 0 Å². The third-order valence-corrected chi connectivity index (χ3v) is 3.37. The van der Waals surface area contributed by atoms with Crippen LogP contribution in [0.25, 0.3) is 0 Å². The number of carbonyl (C=O) groups is 1. The number of rotatable bonds is 8. The molecule has 1 aromatic rings. The minimum atomic E-state index is -0.949. The van der Waals surface area contributed by atoms with Crippen molar-refractivity contribution >= 4 is 5.97 Å². The Morgan fingerprint density at radius 3 is 2.39 bits per heavy atom. The normalized spacial score (nSPS) is 14.1. The standard InChI is InChI=1S/C15H23NO2/c1-3-5-9-12-16-15(4-2,14(17)18)13-10-7-6-8-11-13/h6-8,10-11,16H,3-5,9,12H2,1-2H3,(H,17,18). The van der Waals surface area contributed by atoms with Crippen molar-refractivity contribution in [2.75, 3.05) is 6.54 Å². The Morgan fingerprint density at radius 2 is 1.89 bits per heavy atom. The molecule has 3 nitrogen and oxygen atoms in total. The van der Waals surface area contributed by atoms with Crippen molar-refractivity contribution < 1.29 is 9.90 Å². The van der Waals surface area contributed by atoms with Crippen LogP contribution in [0, 0.1) is 0 Å². The third kappa shape index (κ3) is 3.33. The minimum absolute atomic E-state index is 0.540. The number of benzene rings is 1. The Hall–Kier alpha value is -1.35. The molecular formula is C15H23NO2. The molecule has 0 aliphatic carbocycles. The summed E-state index contributed by atoms with van der Waals surface area (Å²) in [7, 11) is 0. The van der Waals surface area contributed by atoms with Crippen molar-refractivity contribution in [2.45, 2.75) is 45.1 Å². The average Bonchev–Trinajstić information content (AvgIpc) is 2.40. The van der Waals surface area contributed by atoms with E-state index in [0.29, 0.717) is 6.42 Å². The summed E-state index contributed by atoms with van der Waals surface area (Å²) in [6.45, 7) is 4.79. The van der Waals surface area contributed by atoms with Crippen molar-refractivity contribution in [3.63, 3.8) is 0 Å². The zero-order valence-corrected chi connectivity index (χ0v) is 11.3. The maximum atomic E-state index is 11.7. The molecule has 0 radical (unpaired) electrons. The quantitative estimate of drug-likeness (QED) is 0.696. The van der Waals surface area contributed by atoms with Gasteiger partial charge in [0, 0.05) is 0 Å². The van der Waals surface area contributed by atoms with Crippen LogP contribution in [0.2, 0.25) is 0 Å². The minimum Gasteiger partial charge on any atom is -0.480 e. The van der Waals surface area contributed by atoms with E-state index in [9.17, 15) is 9.90 Å². The van der Waals surface area contributed by atoms with E-state index in [1.54, 1.807) is 0 Å². The van der Waals surface area contributed by atoms with Crippen molar-refractivity contribution in [3.05, 3.63) is 35.9 Å². The second kappa shape index (κ2) is 7.17. The average molecular weight is 249 g/mol. The van der Waals surface area contributed by atoms with E-state index < -0.39 is 11.5 Å². The predicted molar refractivity (Wildman–Crippen MR) is 73.6 cm³/mol. The van der Waals surface area contributed by atoms with Gasteiger partial charge in [-0.25, -0.2) is 4.79 Å². The van der Waals surface area contributed by atoms with Gasteiger partial charge in [-0.1, -0.05) is 57.0 Å². The summed E-state index contributed by atoms with van der Waals surface area (Å²) in [5.41, 5.74) is -0.119. The van der Waals surface area contributed by atoms with Crippen LogP contribution in [0.15, 0.2) is 30.3 Å². The van der Waals surface area contributed by atoms with E-state index >= 15 is 0 Å². The molecule has 0 fully saturated rings. The SMILES string of the molecule is CCCCCNC(CC)(C(=O)O)c1ccccc1. The van der Waals surface area contributed by atoms with Gasteiger partial charge in [-0.15, -0.1) is 0 Å². The number of unbranched alkanes of at least 4 members (excludes halogenated alkanes) is 2. The monoisotopic (exact) mass is 249 g/mol. The molecular weight excluding hydrogens is 226 g/mol. The molecule has 0 aliphatic heterocycles. The van der Waals surface area contributed by atoms with Crippen LogP contribution in [-0.2, 0) is 10.3 Å².